The van der Waals surface area contributed by atoms with Gasteiger partial charge in [-0.05, 0) is 37.5 Å². The van der Waals surface area contributed by atoms with Crippen LogP contribution in [0, 0.1) is 11.8 Å². The minimum Gasteiger partial charge on any atom is -0.347 e. The Morgan fingerprint density at radius 2 is 2.10 bits per heavy atom. The number of fused-ring (bicyclic) bond motifs is 2. The molecule has 1 heterocycles. The van der Waals surface area contributed by atoms with E-state index in [-0.39, 0.29) is 11.9 Å². The van der Waals surface area contributed by atoms with Crippen LogP contribution in [0.1, 0.15) is 47.6 Å². The topological polar surface area (TPSA) is 94.0 Å². The summed E-state index contributed by atoms with van der Waals surface area (Å²) in [5.74, 6) is 1.02. The molecule has 2 saturated carbocycles. The number of nitrogens with two attached hydrogens (primary N) is 2. The fourth-order valence-electron chi connectivity index (χ4n) is 3.76. The SMILES string of the molecule is NCc1nc(C(=O)NC2C3CCCC2CC(N)C3)cs1. The van der Waals surface area contributed by atoms with Crippen LogP contribution >= 0.6 is 11.3 Å². The molecule has 0 saturated heterocycles. The van der Waals surface area contributed by atoms with Gasteiger partial charge in [0.25, 0.3) is 5.91 Å². The molecule has 20 heavy (non-hydrogen) atoms. The first-order valence-corrected chi connectivity index (χ1v) is 8.26. The average molecular weight is 294 g/mol. The van der Waals surface area contributed by atoms with E-state index < -0.39 is 0 Å². The third-order valence-electron chi connectivity index (χ3n) is 4.63. The fraction of sp³-hybridized carbons (Fsp3) is 0.714. The first kappa shape index (κ1) is 14.0. The Hall–Kier alpha value is -0.980. The molecule has 2 atom stereocenters. The predicted octanol–water partition coefficient (Wildman–Crippen LogP) is 1.24. The van der Waals surface area contributed by atoms with Crippen LogP contribution in [0.2, 0.25) is 0 Å². The van der Waals surface area contributed by atoms with Crippen LogP contribution in [0.3, 0.4) is 0 Å². The molecule has 110 valence electrons. The highest BCUT2D eigenvalue weighted by molar-refractivity contribution is 7.09. The van der Waals surface area contributed by atoms with E-state index in [2.05, 4.69) is 10.3 Å². The van der Waals surface area contributed by atoms with Gasteiger partial charge in [0.1, 0.15) is 10.7 Å². The first-order chi connectivity index (χ1) is 9.67. The highest BCUT2D eigenvalue weighted by Gasteiger charge is 2.40. The van der Waals surface area contributed by atoms with Crippen LogP contribution < -0.4 is 16.8 Å². The van der Waals surface area contributed by atoms with E-state index in [1.54, 1.807) is 5.38 Å². The number of nitrogens with zero attached hydrogens (tertiary/aromatic N) is 1. The smallest absolute Gasteiger partial charge is 0.270 e. The van der Waals surface area contributed by atoms with Crippen LogP contribution in [0.4, 0.5) is 0 Å². The third-order valence-corrected chi connectivity index (χ3v) is 5.50. The van der Waals surface area contributed by atoms with Gasteiger partial charge in [-0.15, -0.1) is 11.3 Å². The summed E-state index contributed by atoms with van der Waals surface area (Å²) in [5, 5.41) is 5.80. The minimum atomic E-state index is -0.0571. The van der Waals surface area contributed by atoms with E-state index in [0.717, 1.165) is 17.8 Å². The summed E-state index contributed by atoms with van der Waals surface area (Å²) in [7, 11) is 0. The number of amides is 1. The summed E-state index contributed by atoms with van der Waals surface area (Å²) >= 11 is 1.44. The monoisotopic (exact) mass is 294 g/mol. The van der Waals surface area contributed by atoms with Crippen molar-refractivity contribution in [2.45, 2.75) is 50.7 Å². The van der Waals surface area contributed by atoms with Crippen LogP contribution in [0.5, 0.6) is 0 Å². The number of carbonyl (C=O) groups is 1. The summed E-state index contributed by atoms with van der Waals surface area (Å²) in [4.78, 5) is 16.6. The lowest BCUT2D eigenvalue weighted by molar-refractivity contribution is 0.0752. The van der Waals surface area contributed by atoms with E-state index in [1.165, 1.54) is 30.6 Å². The normalized spacial score (nSPS) is 32.9. The van der Waals surface area contributed by atoms with E-state index in [0.29, 0.717) is 30.1 Å². The van der Waals surface area contributed by atoms with Gasteiger partial charge in [0.15, 0.2) is 0 Å². The van der Waals surface area contributed by atoms with Crippen molar-refractivity contribution < 1.29 is 4.79 Å². The molecule has 0 aromatic carbocycles. The lowest BCUT2D eigenvalue weighted by Gasteiger charge is -2.45. The summed E-state index contributed by atoms with van der Waals surface area (Å²) in [5.41, 5.74) is 12.2. The second-order valence-electron chi connectivity index (χ2n) is 6.01. The van der Waals surface area contributed by atoms with Crippen molar-refractivity contribution >= 4 is 17.2 Å². The first-order valence-electron chi connectivity index (χ1n) is 7.38. The third kappa shape index (κ3) is 2.73. The summed E-state index contributed by atoms with van der Waals surface area (Å²) < 4.78 is 0. The van der Waals surface area contributed by atoms with Gasteiger partial charge in [0.05, 0.1) is 0 Å². The number of nitrogens with one attached hydrogen (secondary N) is 1. The van der Waals surface area contributed by atoms with Gasteiger partial charge < -0.3 is 16.8 Å². The van der Waals surface area contributed by atoms with Gasteiger partial charge in [-0.2, -0.15) is 0 Å². The maximum atomic E-state index is 12.3. The Morgan fingerprint density at radius 1 is 1.40 bits per heavy atom. The molecule has 2 aliphatic carbocycles. The van der Waals surface area contributed by atoms with Gasteiger partial charge >= 0.3 is 0 Å². The fourth-order valence-corrected chi connectivity index (χ4v) is 4.41. The number of hydrogen-bond donors (Lipinski definition) is 3. The van der Waals surface area contributed by atoms with Gasteiger partial charge in [0, 0.05) is 24.0 Å². The van der Waals surface area contributed by atoms with Crippen LogP contribution in [0.15, 0.2) is 5.38 Å². The maximum absolute atomic E-state index is 12.3. The zero-order valence-electron chi connectivity index (χ0n) is 11.5. The molecule has 0 aliphatic heterocycles. The van der Waals surface area contributed by atoms with Crippen LogP contribution in [-0.4, -0.2) is 23.0 Å². The zero-order chi connectivity index (χ0) is 14.1. The van der Waals surface area contributed by atoms with E-state index in [1.807, 2.05) is 0 Å². The summed E-state index contributed by atoms with van der Waals surface area (Å²) in [6, 6.07) is 0.584. The Kier molecular flexibility index (Phi) is 4.05. The van der Waals surface area contributed by atoms with Crippen molar-refractivity contribution in [1.29, 1.82) is 0 Å². The van der Waals surface area contributed by atoms with Gasteiger partial charge in [-0.3, -0.25) is 4.79 Å². The van der Waals surface area contributed by atoms with Crippen molar-refractivity contribution in [3.8, 4) is 0 Å². The van der Waals surface area contributed by atoms with Gasteiger partial charge in [-0.1, -0.05) is 6.42 Å². The molecular formula is C14H22N4OS. The number of thiazole rings is 1. The molecule has 2 aliphatic rings. The molecule has 1 amide bonds. The largest absolute Gasteiger partial charge is 0.347 e. The molecule has 6 heteroatoms. The van der Waals surface area contributed by atoms with E-state index >= 15 is 0 Å². The highest BCUT2D eigenvalue weighted by atomic mass is 32.1. The van der Waals surface area contributed by atoms with Crippen molar-refractivity contribution in [1.82, 2.24) is 10.3 Å². The summed E-state index contributed by atoms with van der Waals surface area (Å²) in [6.45, 7) is 0.390. The molecular weight excluding hydrogens is 272 g/mol. The number of rotatable bonds is 3. The highest BCUT2D eigenvalue weighted by Crippen LogP contribution is 2.39. The quantitative estimate of drug-likeness (QED) is 0.781. The summed E-state index contributed by atoms with van der Waals surface area (Å²) in [6.07, 6.45) is 5.70. The van der Waals surface area contributed by atoms with Gasteiger partial charge in [-0.25, -0.2) is 4.98 Å². The number of hydrogen-bond acceptors (Lipinski definition) is 5. The van der Waals surface area contributed by atoms with Crippen molar-refractivity contribution in [3.63, 3.8) is 0 Å². The van der Waals surface area contributed by atoms with Crippen molar-refractivity contribution in [2.75, 3.05) is 0 Å². The molecule has 5 nitrogen and oxygen atoms in total. The van der Waals surface area contributed by atoms with E-state index in [9.17, 15) is 4.79 Å². The van der Waals surface area contributed by atoms with Crippen LogP contribution in [-0.2, 0) is 6.54 Å². The second kappa shape index (κ2) is 5.79. The Balaban J connectivity index is 1.69. The molecule has 2 bridgehead atoms. The Bertz CT molecular complexity index is 475. The lowest BCUT2D eigenvalue weighted by atomic mass is 9.67. The Morgan fingerprint density at radius 3 is 2.70 bits per heavy atom. The van der Waals surface area contributed by atoms with Crippen LogP contribution in [0.25, 0.3) is 0 Å². The number of carbonyl (C=O) groups excluding carboxylic acids is 1. The molecule has 5 N–H and O–H groups in total. The number of aromatic nitrogens is 1. The Labute approximate surface area is 123 Å². The van der Waals surface area contributed by atoms with Crippen molar-refractivity contribution in [3.05, 3.63) is 16.1 Å². The molecule has 1 aromatic rings. The second-order valence-corrected chi connectivity index (χ2v) is 6.96. The molecule has 2 fully saturated rings. The predicted molar refractivity (Wildman–Crippen MR) is 79.3 cm³/mol. The maximum Gasteiger partial charge on any atom is 0.270 e. The van der Waals surface area contributed by atoms with Crippen molar-refractivity contribution in [2.24, 2.45) is 23.3 Å². The molecule has 0 spiro atoms. The standard InChI is InChI=1S/C14H22N4OS/c15-6-12-17-11(7-20-12)14(19)18-13-8-2-1-3-9(13)5-10(16)4-8/h7-10,13H,1-6,15-16H2,(H,18,19). The molecule has 0 radical (unpaired) electrons. The molecule has 1 aromatic heterocycles. The minimum absolute atomic E-state index is 0.0571. The molecule has 2 unspecified atom stereocenters. The van der Waals surface area contributed by atoms with Gasteiger partial charge in [0.2, 0.25) is 0 Å². The molecule has 3 rings (SSSR count). The zero-order valence-corrected chi connectivity index (χ0v) is 12.4. The average Bonchev–Trinajstić information content (AvgIpc) is 2.88. The van der Waals surface area contributed by atoms with E-state index in [4.69, 9.17) is 11.5 Å². The lowest BCUT2D eigenvalue weighted by Crippen LogP contribution is -2.53.